The van der Waals surface area contributed by atoms with Crippen LogP contribution in [-0.2, 0) is 10.0 Å². The first-order chi connectivity index (χ1) is 12.9. The maximum atomic E-state index is 12.8. The summed E-state index contributed by atoms with van der Waals surface area (Å²) in [4.78, 5) is 25.5. The summed E-state index contributed by atoms with van der Waals surface area (Å²) in [6.07, 6.45) is 2.29. The lowest BCUT2D eigenvalue weighted by atomic mass is 9.97. The molecule has 2 aromatic rings. The van der Waals surface area contributed by atoms with Gasteiger partial charge in [-0.15, -0.1) is 0 Å². The minimum Gasteiger partial charge on any atom is -0.349 e. The van der Waals surface area contributed by atoms with Crippen molar-refractivity contribution in [1.82, 2.24) is 9.62 Å². The molecular weight excluding hydrogens is 364 g/mol. The maximum Gasteiger partial charge on any atom is 0.252 e. The minimum atomic E-state index is -3.20. The molecule has 1 heterocycles. The van der Waals surface area contributed by atoms with Gasteiger partial charge in [-0.1, -0.05) is 48.5 Å². The maximum absolute atomic E-state index is 12.8. The molecule has 27 heavy (non-hydrogen) atoms. The summed E-state index contributed by atoms with van der Waals surface area (Å²) >= 11 is 0. The number of hydrogen-bond donors (Lipinski definition) is 1. The fourth-order valence-corrected chi connectivity index (χ4v) is 4.09. The number of hydrogen-bond acceptors (Lipinski definition) is 4. The average molecular weight is 386 g/mol. The zero-order valence-corrected chi connectivity index (χ0v) is 15.9. The van der Waals surface area contributed by atoms with E-state index in [1.807, 2.05) is 6.07 Å². The standard InChI is InChI=1S/C20H22N2O4S/c1-27(25,26)22-13-11-16(12-14-22)21-20(24)18-10-6-5-9-17(18)19(23)15-7-3-2-4-8-15/h2-10,16H,11-14H2,1H3,(H,21,24). The van der Waals surface area contributed by atoms with Crippen LogP contribution in [0.2, 0.25) is 0 Å². The van der Waals surface area contributed by atoms with Crippen LogP contribution >= 0.6 is 0 Å². The van der Waals surface area contributed by atoms with E-state index in [2.05, 4.69) is 5.32 Å². The average Bonchev–Trinajstić information content (AvgIpc) is 2.68. The van der Waals surface area contributed by atoms with Gasteiger partial charge in [0.2, 0.25) is 10.0 Å². The Kier molecular flexibility index (Phi) is 5.72. The number of piperidine rings is 1. The van der Waals surface area contributed by atoms with E-state index in [-0.39, 0.29) is 17.7 Å². The van der Waals surface area contributed by atoms with Crippen molar-refractivity contribution < 1.29 is 18.0 Å². The van der Waals surface area contributed by atoms with Gasteiger partial charge in [0, 0.05) is 30.3 Å². The molecule has 3 rings (SSSR count). The summed E-state index contributed by atoms with van der Waals surface area (Å²) in [5.74, 6) is -0.513. The van der Waals surface area contributed by atoms with Crippen molar-refractivity contribution >= 4 is 21.7 Å². The number of carbonyl (C=O) groups is 2. The Bertz CT molecular complexity index is 933. The van der Waals surface area contributed by atoms with E-state index < -0.39 is 10.0 Å². The molecule has 0 spiro atoms. The van der Waals surface area contributed by atoms with Crippen molar-refractivity contribution in [1.29, 1.82) is 0 Å². The summed E-state index contributed by atoms with van der Waals surface area (Å²) in [5.41, 5.74) is 1.21. The van der Waals surface area contributed by atoms with Gasteiger partial charge in [0.15, 0.2) is 5.78 Å². The van der Waals surface area contributed by atoms with E-state index in [4.69, 9.17) is 0 Å². The number of nitrogens with one attached hydrogen (secondary N) is 1. The quantitative estimate of drug-likeness (QED) is 0.798. The monoisotopic (exact) mass is 386 g/mol. The lowest BCUT2D eigenvalue weighted by Crippen LogP contribution is -2.46. The van der Waals surface area contributed by atoms with E-state index in [0.29, 0.717) is 42.6 Å². The van der Waals surface area contributed by atoms with Crippen LogP contribution in [0.25, 0.3) is 0 Å². The number of benzene rings is 2. The highest BCUT2D eigenvalue weighted by Crippen LogP contribution is 2.17. The molecule has 1 fully saturated rings. The van der Waals surface area contributed by atoms with Crippen molar-refractivity contribution in [2.45, 2.75) is 18.9 Å². The SMILES string of the molecule is CS(=O)(=O)N1CCC(NC(=O)c2ccccc2C(=O)c2ccccc2)CC1. The molecule has 0 aliphatic carbocycles. The molecule has 0 unspecified atom stereocenters. The van der Waals surface area contributed by atoms with Gasteiger partial charge in [-0.2, -0.15) is 0 Å². The molecule has 2 aromatic carbocycles. The van der Waals surface area contributed by atoms with Gasteiger partial charge in [0.25, 0.3) is 5.91 Å². The van der Waals surface area contributed by atoms with Gasteiger partial charge < -0.3 is 5.32 Å². The van der Waals surface area contributed by atoms with Crippen molar-refractivity contribution in [3.63, 3.8) is 0 Å². The molecule has 0 atom stereocenters. The summed E-state index contributed by atoms with van der Waals surface area (Å²) in [6.45, 7) is 0.767. The van der Waals surface area contributed by atoms with Crippen LogP contribution in [0.4, 0.5) is 0 Å². The van der Waals surface area contributed by atoms with Crippen LogP contribution in [-0.4, -0.2) is 49.8 Å². The Morgan fingerprint density at radius 1 is 0.926 bits per heavy atom. The predicted molar refractivity (Wildman–Crippen MR) is 103 cm³/mol. The van der Waals surface area contributed by atoms with Crippen LogP contribution in [0, 0.1) is 0 Å². The second kappa shape index (κ2) is 8.02. The Balaban J connectivity index is 1.72. The van der Waals surface area contributed by atoms with Crippen molar-refractivity contribution in [2.75, 3.05) is 19.3 Å². The number of ketones is 1. The molecule has 0 aromatic heterocycles. The van der Waals surface area contributed by atoms with Crippen molar-refractivity contribution in [3.8, 4) is 0 Å². The van der Waals surface area contributed by atoms with Gasteiger partial charge in [-0.25, -0.2) is 12.7 Å². The molecule has 1 N–H and O–H groups in total. The number of carbonyl (C=O) groups excluding carboxylic acids is 2. The first-order valence-corrected chi connectivity index (χ1v) is 10.7. The number of amides is 1. The molecule has 7 heteroatoms. The molecule has 1 amide bonds. The van der Waals surface area contributed by atoms with Crippen molar-refractivity contribution in [2.24, 2.45) is 0 Å². The van der Waals surface area contributed by atoms with E-state index >= 15 is 0 Å². The van der Waals surface area contributed by atoms with E-state index in [1.54, 1.807) is 48.5 Å². The third kappa shape index (κ3) is 4.61. The van der Waals surface area contributed by atoms with Crippen LogP contribution < -0.4 is 5.32 Å². The lowest BCUT2D eigenvalue weighted by molar-refractivity contribution is 0.0914. The zero-order valence-electron chi connectivity index (χ0n) is 15.1. The molecule has 142 valence electrons. The third-order valence-electron chi connectivity index (χ3n) is 4.71. The topological polar surface area (TPSA) is 83.6 Å². The second-order valence-electron chi connectivity index (χ2n) is 6.65. The number of nitrogens with zero attached hydrogens (tertiary/aromatic N) is 1. The highest BCUT2D eigenvalue weighted by atomic mass is 32.2. The summed E-state index contributed by atoms with van der Waals surface area (Å²) in [6, 6.07) is 15.5. The van der Waals surface area contributed by atoms with Crippen LogP contribution in [0.1, 0.15) is 39.1 Å². The van der Waals surface area contributed by atoms with Gasteiger partial charge in [-0.3, -0.25) is 9.59 Å². The van der Waals surface area contributed by atoms with E-state index in [1.165, 1.54) is 10.6 Å². The Hall–Kier alpha value is -2.51. The molecule has 1 saturated heterocycles. The zero-order chi connectivity index (χ0) is 19.4. The molecule has 0 saturated carbocycles. The molecular formula is C20H22N2O4S. The van der Waals surface area contributed by atoms with Crippen LogP contribution in [0.5, 0.6) is 0 Å². The Morgan fingerprint density at radius 2 is 1.48 bits per heavy atom. The Morgan fingerprint density at radius 3 is 2.07 bits per heavy atom. The fraction of sp³-hybridized carbons (Fsp3) is 0.300. The molecule has 0 bridgehead atoms. The first kappa shape index (κ1) is 19.3. The molecule has 0 radical (unpaired) electrons. The number of sulfonamides is 1. The van der Waals surface area contributed by atoms with Gasteiger partial charge in [0.05, 0.1) is 11.8 Å². The smallest absolute Gasteiger partial charge is 0.252 e. The van der Waals surface area contributed by atoms with E-state index in [0.717, 1.165) is 0 Å². The lowest BCUT2D eigenvalue weighted by Gasteiger charge is -2.30. The summed E-state index contributed by atoms with van der Waals surface area (Å²) in [7, 11) is -3.20. The number of rotatable bonds is 5. The fourth-order valence-electron chi connectivity index (χ4n) is 3.22. The molecule has 1 aliphatic heterocycles. The highest BCUT2D eigenvalue weighted by Gasteiger charge is 2.27. The van der Waals surface area contributed by atoms with Crippen LogP contribution in [0.3, 0.4) is 0 Å². The third-order valence-corrected chi connectivity index (χ3v) is 6.01. The van der Waals surface area contributed by atoms with E-state index in [9.17, 15) is 18.0 Å². The summed E-state index contributed by atoms with van der Waals surface area (Å²) < 4.78 is 24.6. The van der Waals surface area contributed by atoms with Crippen molar-refractivity contribution in [3.05, 3.63) is 71.3 Å². The minimum absolute atomic E-state index is 0.115. The van der Waals surface area contributed by atoms with Gasteiger partial charge in [0.1, 0.15) is 0 Å². The Labute approximate surface area is 159 Å². The largest absolute Gasteiger partial charge is 0.349 e. The molecule has 6 nitrogen and oxygen atoms in total. The normalized spacial score (nSPS) is 16.0. The predicted octanol–water partition coefficient (Wildman–Crippen LogP) is 2.07. The second-order valence-corrected chi connectivity index (χ2v) is 8.63. The van der Waals surface area contributed by atoms with Crippen LogP contribution in [0.15, 0.2) is 54.6 Å². The summed E-state index contributed by atoms with van der Waals surface area (Å²) in [5, 5.41) is 2.94. The van der Waals surface area contributed by atoms with Gasteiger partial charge >= 0.3 is 0 Å². The highest BCUT2D eigenvalue weighted by molar-refractivity contribution is 7.88. The first-order valence-electron chi connectivity index (χ1n) is 8.81. The molecule has 1 aliphatic rings. The van der Waals surface area contributed by atoms with Gasteiger partial charge in [-0.05, 0) is 18.9 Å².